The molecule has 0 rings (SSSR count). The number of rotatable bonds is 10. The Kier molecular flexibility index (Phi) is 11.1. The van der Waals surface area contributed by atoms with Gasteiger partial charge < -0.3 is 4.74 Å². The van der Waals surface area contributed by atoms with Gasteiger partial charge >= 0.3 is 5.97 Å². The van der Waals surface area contributed by atoms with Crippen molar-refractivity contribution in [3.63, 3.8) is 0 Å². The smallest absolute Gasteiger partial charge is 0.302 e. The number of ether oxygens (including phenoxy) is 1. The average molecular weight is 240 g/mol. The molecule has 0 saturated carbocycles. The van der Waals surface area contributed by atoms with Crippen molar-refractivity contribution in [1.29, 1.82) is 0 Å². The minimum absolute atomic E-state index is 0.183. The number of allylic oxidation sites excluding steroid dienone is 2. The van der Waals surface area contributed by atoms with Crippen LogP contribution in [-0.4, -0.2) is 12.6 Å². The molecule has 0 aromatic carbocycles. The van der Waals surface area contributed by atoms with Crippen LogP contribution in [0, 0.1) is 5.92 Å². The van der Waals surface area contributed by atoms with Crippen LogP contribution in [0.2, 0.25) is 0 Å². The fourth-order valence-electron chi connectivity index (χ4n) is 1.68. The summed E-state index contributed by atoms with van der Waals surface area (Å²) in [6.45, 7) is 6.40. The first-order valence-electron chi connectivity index (χ1n) is 6.96. The molecule has 0 aromatic heterocycles. The third-order valence-corrected chi connectivity index (χ3v) is 2.82. The van der Waals surface area contributed by atoms with E-state index in [1.165, 1.54) is 45.4 Å². The zero-order valence-corrected chi connectivity index (χ0v) is 11.7. The summed E-state index contributed by atoms with van der Waals surface area (Å²) in [6.07, 6.45) is 13.3. The molecule has 1 atom stereocenters. The van der Waals surface area contributed by atoms with E-state index in [1.54, 1.807) is 0 Å². The predicted molar refractivity (Wildman–Crippen MR) is 72.9 cm³/mol. The normalized spacial score (nSPS) is 12.9. The maximum atomic E-state index is 10.6. The van der Waals surface area contributed by atoms with Crippen LogP contribution < -0.4 is 0 Å². The van der Waals surface area contributed by atoms with Gasteiger partial charge in [0.2, 0.25) is 0 Å². The quantitative estimate of drug-likeness (QED) is 0.319. The Labute approximate surface area is 106 Å². The highest BCUT2D eigenvalue weighted by molar-refractivity contribution is 5.65. The SMILES string of the molecule is CCCCCCCC=CC(C)CCOC(C)=O. The number of unbranched alkanes of at least 4 members (excludes halogenated alkanes) is 5. The lowest BCUT2D eigenvalue weighted by Gasteiger charge is -2.05. The van der Waals surface area contributed by atoms with E-state index in [9.17, 15) is 4.79 Å². The molecule has 100 valence electrons. The monoisotopic (exact) mass is 240 g/mol. The fourth-order valence-corrected chi connectivity index (χ4v) is 1.68. The standard InChI is InChI=1S/C15H28O2/c1-4-5-6-7-8-9-10-11-14(2)12-13-17-15(3)16/h10-11,14H,4-9,12-13H2,1-3H3. The van der Waals surface area contributed by atoms with Crippen LogP contribution in [0.25, 0.3) is 0 Å². The van der Waals surface area contributed by atoms with E-state index in [0.717, 1.165) is 6.42 Å². The molecule has 0 fully saturated rings. The summed E-state index contributed by atoms with van der Waals surface area (Å²) in [5, 5.41) is 0. The Morgan fingerprint density at radius 2 is 1.94 bits per heavy atom. The van der Waals surface area contributed by atoms with Crippen molar-refractivity contribution in [3.05, 3.63) is 12.2 Å². The zero-order chi connectivity index (χ0) is 12.9. The molecule has 0 aromatic rings. The maximum absolute atomic E-state index is 10.6. The second-order valence-electron chi connectivity index (χ2n) is 4.74. The first-order valence-corrected chi connectivity index (χ1v) is 6.96. The summed E-state index contributed by atoms with van der Waals surface area (Å²) in [5.74, 6) is 0.321. The third-order valence-electron chi connectivity index (χ3n) is 2.82. The molecule has 0 heterocycles. The van der Waals surface area contributed by atoms with Gasteiger partial charge in [-0.2, -0.15) is 0 Å². The molecule has 2 nitrogen and oxygen atoms in total. The molecule has 0 aliphatic carbocycles. The van der Waals surface area contributed by atoms with Gasteiger partial charge in [0.15, 0.2) is 0 Å². The highest BCUT2D eigenvalue weighted by atomic mass is 16.5. The Bertz CT molecular complexity index is 209. The van der Waals surface area contributed by atoms with E-state index in [0.29, 0.717) is 12.5 Å². The van der Waals surface area contributed by atoms with Crippen LogP contribution in [0.5, 0.6) is 0 Å². The van der Waals surface area contributed by atoms with E-state index in [2.05, 4.69) is 26.0 Å². The average Bonchev–Trinajstić information content (AvgIpc) is 2.27. The highest BCUT2D eigenvalue weighted by Gasteiger charge is 1.98. The second-order valence-corrected chi connectivity index (χ2v) is 4.74. The summed E-state index contributed by atoms with van der Waals surface area (Å²) in [4.78, 5) is 10.6. The molecule has 1 unspecified atom stereocenters. The van der Waals surface area contributed by atoms with Gasteiger partial charge in [-0.15, -0.1) is 0 Å². The van der Waals surface area contributed by atoms with Gasteiger partial charge in [-0.25, -0.2) is 0 Å². The number of hydrogen-bond acceptors (Lipinski definition) is 2. The maximum Gasteiger partial charge on any atom is 0.302 e. The van der Waals surface area contributed by atoms with Crippen LogP contribution in [0.3, 0.4) is 0 Å². The van der Waals surface area contributed by atoms with Crippen molar-refractivity contribution in [2.24, 2.45) is 5.92 Å². The lowest BCUT2D eigenvalue weighted by Crippen LogP contribution is -2.03. The lowest BCUT2D eigenvalue weighted by molar-refractivity contribution is -0.141. The van der Waals surface area contributed by atoms with Crippen LogP contribution >= 0.6 is 0 Å². The number of esters is 1. The van der Waals surface area contributed by atoms with Crippen LogP contribution in [0.4, 0.5) is 0 Å². The highest BCUT2D eigenvalue weighted by Crippen LogP contribution is 2.08. The van der Waals surface area contributed by atoms with E-state index in [4.69, 9.17) is 4.74 Å². The first kappa shape index (κ1) is 16.2. The van der Waals surface area contributed by atoms with Gasteiger partial charge in [-0.05, 0) is 25.2 Å². The zero-order valence-electron chi connectivity index (χ0n) is 11.7. The molecule has 0 saturated heterocycles. The van der Waals surface area contributed by atoms with Gasteiger partial charge in [0, 0.05) is 6.92 Å². The van der Waals surface area contributed by atoms with Crippen LogP contribution in [0.15, 0.2) is 12.2 Å². The molecular weight excluding hydrogens is 212 g/mol. The van der Waals surface area contributed by atoms with Crippen molar-refractivity contribution in [3.8, 4) is 0 Å². The lowest BCUT2D eigenvalue weighted by atomic mass is 10.1. The number of hydrogen-bond donors (Lipinski definition) is 0. The Hall–Kier alpha value is -0.790. The number of carbonyl (C=O) groups is 1. The van der Waals surface area contributed by atoms with E-state index in [-0.39, 0.29) is 5.97 Å². The van der Waals surface area contributed by atoms with Crippen LogP contribution in [0.1, 0.15) is 65.7 Å². The van der Waals surface area contributed by atoms with Gasteiger partial charge in [0.05, 0.1) is 6.61 Å². The van der Waals surface area contributed by atoms with Crippen molar-refractivity contribution in [2.75, 3.05) is 6.61 Å². The van der Waals surface area contributed by atoms with Gasteiger partial charge in [-0.3, -0.25) is 4.79 Å². The van der Waals surface area contributed by atoms with Gasteiger partial charge in [0.25, 0.3) is 0 Å². The molecule has 0 radical (unpaired) electrons. The largest absolute Gasteiger partial charge is 0.466 e. The summed E-state index contributed by atoms with van der Waals surface area (Å²) in [7, 11) is 0. The van der Waals surface area contributed by atoms with E-state index in [1.807, 2.05) is 0 Å². The van der Waals surface area contributed by atoms with E-state index >= 15 is 0 Å². The molecule has 0 amide bonds. The molecule has 0 N–H and O–H groups in total. The Balaban J connectivity index is 3.34. The summed E-state index contributed by atoms with van der Waals surface area (Å²) >= 11 is 0. The minimum atomic E-state index is -0.183. The minimum Gasteiger partial charge on any atom is -0.466 e. The summed E-state index contributed by atoms with van der Waals surface area (Å²) < 4.78 is 4.91. The van der Waals surface area contributed by atoms with Crippen molar-refractivity contribution in [1.82, 2.24) is 0 Å². The van der Waals surface area contributed by atoms with Crippen molar-refractivity contribution in [2.45, 2.75) is 65.7 Å². The topological polar surface area (TPSA) is 26.3 Å². The molecule has 0 aliphatic rings. The Morgan fingerprint density at radius 3 is 2.59 bits per heavy atom. The second kappa shape index (κ2) is 11.7. The summed E-state index contributed by atoms with van der Waals surface area (Å²) in [5.41, 5.74) is 0. The first-order chi connectivity index (χ1) is 8.16. The van der Waals surface area contributed by atoms with Gasteiger partial charge in [-0.1, -0.05) is 51.7 Å². The Morgan fingerprint density at radius 1 is 1.24 bits per heavy atom. The fraction of sp³-hybridized carbons (Fsp3) is 0.800. The van der Waals surface area contributed by atoms with Gasteiger partial charge in [0.1, 0.15) is 0 Å². The summed E-state index contributed by atoms with van der Waals surface area (Å²) in [6, 6.07) is 0. The molecule has 2 heteroatoms. The third kappa shape index (κ3) is 13.1. The van der Waals surface area contributed by atoms with Crippen molar-refractivity contribution < 1.29 is 9.53 Å². The van der Waals surface area contributed by atoms with Crippen LogP contribution in [-0.2, 0) is 9.53 Å². The van der Waals surface area contributed by atoms with E-state index < -0.39 is 0 Å². The molecule has 0 bridgehead atoms. The number of carbonyl (C=O) groups excluding carboxylic acids is 1. The molecule has 0 spiro atoms. The predicted octanol–water partition coefficient (Wildman–Crippen LogP) is 4.49. The molecular formula is C15H28O2. The molecule has 0 aliphatic heterocycles. The molecule has 17 heavy (non-hydrogen) atoms. The van der Waals surface area contributed by atoms with Crippen molar-refractivity contribution >= 4 is 5.97 Å².